The molecular formula is C19H19N5O2. The summed E-state index contributed by atoms with van der Waals surface area (Å²) in [6.07, 6.45) is 5.82. The number of pyridine rings is 1. The highest BCUT2D eigenvalue weighted by Gasteiger charge is 2.10. The van der Waals surface area contributed by atoms with E-state index >= 15 is 0 Å². The lowest BCUT2D eigenvalue weighted by Gasteiger charge is -2.04. The van der Waals surface area contributed by atoms with Crippen LogP contribution in [0.3, 0.4) is 0 Å². The number of aromatic nitrogens is 3. The molecule has 3 aromatic rings. The lowest BCUT2D eigenvalue weighted by atomic mass is 10.1. The second-order valence-corrected chi connectivity index (χ2v) is 5.52. The molecule has 0 aliphatic heterocycles. The molecular weight excluding hydrogens is 330 g/mol. The SMILES string of the molecule is CCCOc1ccc(-c2cc(C(=O)N/N=C/c3ccncc3)[nH]n2)cc1. The van der Waals surface area contributed by atoms with Gasteiger partial charge in [0.2, 0.25) is 0 Å². The first-order valence-corrected chi connectivity index (χ1v) is 8.28. The Bertz CT molecular complexity index is 872. The van der Waals surface area contributed by atoms with Crippen LogP contribution in [0.2, 0.25) is 0 Å². The van der Waals surface area contributed by atoms with E-state index in [1.165, 1.54) is 0 Å². The lowest BCUT2D eigenvalue weighted by molar-refractivity contribution is 0.0950. The number of nitrogens with one attached hydrogen (secondary N) is 2. The molecule has 0 fully saturated rings. The first kappa shape index (κ1) is 17.3. The number of H-pyrrole nitrogens is 1. The van der Waals surface area contributed by atoms with Crippen molar-refractivity contribution in [2.24, 2.45) is 5.10 Å². The molecule has 7 heteroatoms. The Labute approximate surface area is 151 Å². The van der Waals surface area contributed by atoms with E-state index in [-0.39, 0.29) is 5.91 Å². The van der Waals surface area contributed by atoms with Gasteiger partial charge in [0, 0.05) is 18.0 Å². The normalized spacial score (nSPS) is 10.8. The Balaban J connectivity index is 1.61. The molecule has 0 radical (unpaired) electrons. The Morgan fingerprint density at radius 1 is 1.23 bits per heavy atom. The van der Waals surface area contributed by atoms with E-state index in [9.17, 15) is 4.79 Å². The second kappa shape index (κ2) is 8.57. The van der Waals surface area contributed by atoms with Gasteiger partial charge in [-0.2, -0.15) is 10.2 Å². The maximum atomic E-state index is 12.1. The van der Waals surface area contributed by atoms with Crippen molar-refractivity contribution < 1.29 is 9.53 Å². The van der Waals surface area contributed by atoms with E-state index in [0.717, 1.165) is 23.3 Å². The van der Waals surface area contributed by atoms with Gasteiger partial charge in [-0.3, -0.25) is 14.9 Å². The summed E-state index contributed by atoms with van der Waals surface area (Å²) in [7, 11) is 0. The van der Waals surface area contributed by atoms with E-state index in [1.807, 2.05) is 24.3 Å². The van der Waals surface area contributed by atoms with Crippen LogP contribution in [0.1, 0.15) is 29.4 Å². The third kappa shape index (κ3) is 4.54. The summed E-state index contributed by atoms with van der Waals surface area (Å²) in [4.78, 5) is 16.0. The van der Waals surface area contributed by atoms with Gasteiger partial charge in [0.15, 0.2) is 0 Å². The fourth-order valence-corrected chi connectivity index (χ4v) is 2.20. The number of hydrazone groups is 1. The van der Waals surface area contributed by atoms with Crippen LogP contribution in [-0.4, -0.2) is 33.9 Å². The summed E-state index contributed by atoms with van der Waals surface area (Å²) < 4.78 is 5.56. The molecule has 132 valence electrons. The number of rotatable bonds is 7. The van der Waals surface area contributed by atoms with Gasteiger partial charge in [0.1, 0.15) is 11.4 Å². The van der Waals surface area contributed by atoms with Gasteiger partial charge in [-0.25, -0.2) is 5.43 Å². The number of nitrogens with zero attached hydrogens (tertiary/aromatic N) is 3. The maximum absolute atomic E-state index is 12.1. The van der Waals surface area contributed by atoms with E-state index < -0.39 is 0 Å². The molecule has 0 unspecified atom stereocenters. The van der Waals surface area contributed by atoms with Crippen LogP contribution in [0.5, 0.6) is 5.75 Å². The molecule has 0 bridgehead atoms. The zero-order chi connectivity index (χ0) is 18.2. The van der Waals surface area contributed by atoms with E-state index in [2.05, 4.69) is 32.6 Å². The van der Waals surface area contributed by atoms with Crippen LogP contribution in [0, 0.1) is 0 Å². The third-order valence-corrected chi connectivity index (χ3v) is 3.53. The van der Waals surface area contributed by atoms with Gasteiger partial charge in [0.25, 0.3) is 5.91 Å². The number of carbonyl (C=O) groups is 1. The van der Waals surface area contributed by atoms with Crippen molar-refractivity contribution in [1.29, 1.82) is 0 Å². The van der Waals surface area contributed by atoms with Crippen LogP contribution >= 0.6 is 0 Å². The van der Waals surface area contributed by atoms with Crippen LogP contribution < -0.4 is 10.2 Å². The zero-order valence-corrected chi connectivity index (χ0v) is 14.3. The zero-order valence-electron chi connectivity index (χ0n) is 14.3. The first-order chi connectivity index (χ1) is 12.8. The smallest absolute Gasteiger partial charge is 0.289 e. The number of benzene rings is 1. The van der Waals surface area contributed by atoms with Crippen molar-refractivity contribution >= 4 is 12.1 Å². The van der Waals surface area contributed by atoms with Gasteiger partial charge < -0.3 is 4.74 Å². The second-order valence-electron chi connectivity index (χ2n) is 5.52. The predicted octanol–water partition coefficient (Wildman–Crippen LogP) is 3.02. The number of aromatic amines is 1. The Kier molecular flexibility index (Phi) is 5.72. The van der Waals surface area contributed by atoms with Gasteiger partial charge in [-0.1, -0.05) is 6.92 Å². The molecule has 2 aromatic heterocycles. The van der Waals surface area contributed by atoms with E-state index in [1.54, 1.807) is 36.8 Å². The molecule has 0 saturated heterocycles. The number of hydrogen-bond donors (Lipinski definition) is 2. The van der Waals surface area contributed by atoms with Crippen LogP contribution in [-0.2, 0) is 0 Å². The van der Waals surface area contributed by atoms with Crippen LogP contribution in [0.4, 0.5) is 0 Å². The van der Waals surface area contributed by atoms with E-state index in [0.29, 0.717) is 18.0 Å². The Hall–Kier alpha value is -3.48. The summed E-state index contributed by atoms with van der Waals surface area (Å²) in [5, 5.41) is 10.8. The molecule has 1 amide bonds. The minimum Gasteiger partial charge on any atom is -0.494 e. The summed E-state index contributed by atoms with van der Waals surface area (Å²) in [6, 6.07) is 12.8. The summed E-state index contributed by atoms with van der Waals surface area (Å²) in [6.45, 7) is 2.75. The highest BCUT2D eigenvalue weighted by Crippen LogP contribution is 2.21. The van der Waals surface area contributed by atoms with Crippen molar-refractivity contribution in [3.8, 4) is 17.0 Å². The fourth-order valence-electron chi connectivity index (χ4n) is 2.20. The molecule has 2 N–H and O–H groups in total. The average molecular weight is 349 g/mol. The van der Waals surface area contributed by atoms with Gasteiger partial charge >= 0.3 is 0 Å². The number of amides is 1. The summed E-state index contributed by atoms with van der Waals surface area (Å²) >= 11 is 0. The Morgan fingerprint density at radius 2 is 2.00 bits per heavy atom. The van der Waals surface area contributed by atoms with Crippen molar-refractivity contribution in [1.82, 2.24) is 20.6 Å². The number of carbonyl (C=O) groups excluding carboxylic acids is 1. The van der Waals surface area contributed by atoms with Crippen molar-refractivity contribution in [3.63, 3.8) is 0 Å². The average Bonchev–Trinajstić information content (AvgIpc) is 3.18. The minimum atomic E-state index is -0.364. The minimum absolute atomic E-state index is 0.332. The third-order valence-electron chi connectivity index (χ3n) is 3.53. The van der Waals surface area contributed by atoms with Gasteiger partial charge in [0.05, 0.1) is 18.5 Å². The van der Waals surface area contributed by atoms with Crippen molar-refractivity contribution in [3.05, 3.63) is 66.1 Å². The monoisotopic (exact) mass is 349 g/mol. The van der Waals surface area contributed by atoms with Gasteiger partial charge in [-0.05, 0) is 54.4 Å². The highest BCUT2D eigenvalue weighted by atomic mass is 16.5. The topological polar surface area (TPSA) is 92.3 Å². The molecule has 3 rings (SSSR count). The van der Waals surface area contributed by atoms with Gasteiger partial charge in [-0.15, -0.1) is 0 Å². The number of hydrogen-bond acceptors (Lipinski definition) is 5. The molecule has 0 spiro atoms. The standard InChI is InChI=1S/C19H19N5O2/c1-2-11-26-16-5-3-15(4-6-16)17-12-18(23-22-17)19(25)24-21-13-14-7-9-20-10-8-14/h3-10,12-13H,2,11H2,1H3,(H,22,23)(H,24,25)/b21-13+. The molecule has 2 heterocycles. The molecule has 0 saturated carbocycles. The molecule has 7 nitrogen and oxygen atoms in total. The number of ether oxygens (including phenoxy) is 1. The maximum Gasteiger partial charge on any atom is 0.289 e. The largest absolute Gasteiger partial charge is 0.494 e. The van der Waals surface area contributed by atoms with E-state index in [4.69, 9.17) is 4.74 Å². The summed E-state index contributed by atoms with van der Waals surface area (Å²) in [5.41, 5.74) is 5.21. The van der Waals surface area contributed by atoms with Crippen molar-refractivity contribution in [2.45, 2.75) is 13.3 Å². The van der Waals surface area contributed by atoms with Crippen LogP contribution in [0.15, 0.2) is 60.0 Å². The van der Waals surface area contributed by atoms with Crippen LogP contribution in [0.25, 0.3) is 11.3 Å². The molecule has 0 atom stereocenters. The molecule has 0 aliphatic rings. The van der Waals surface area contributed by atoms with Crippen molar-refractivity contribution in [2.75, 3.05) is 6.61 Å². The predicted molar refractivity (Wildman–Crippen MR) is 99.1 cm³/mol. The molecule has 0 aliphatic carbocycles. The quantitative estimate of drug-likeness (QED) is 0.506. The molecule has 1 aromatic carbocycles. The highest BCUT2D eigenvalue weighted by molar-refractivity contribution is 5.94. The first-order valence-electron chi connectivity index (χ1n) is 8.28. The Morgan fingerprint density at radius 3 is 2.73 bits per heavy atom. The fraction of sp³-hybridized carbons (Fsp3) is 0.158. The molecule has 26 heavy (non-hydrogen) atoms. The lowest BCUT2D eigenvalue weighted by Crippen LogP contribution is -2.17. The summed E-state index contributed by atoms with van der Waals surface area (Å²) in [5.74, 6) is 0.450.